The van der Waals surface area contributed by atoms with Gasteiger partial charge in [0, 0.05) is 50.1 Å². The standard InChI is InChI=1S/C21H30N4O2/c1-21(17-22-11-13-26)9-10-24-19(14-21)15-23-16-20(27)25(2)12-8-18-6-4-3-5-7-18/h3-7,9-10,17,23,26H,8,11-16H2,1-2H3. The molecule has 146 valence electrons. The third kappa shape index (κ3) is 7.45. The highest BCUT2D eigenvalue weighted by Gasteiger charge is 2.23. The van der Waals surface area contributed by atoms with Crippen LogP contribution in [-0.4, -0.2) is 67.7 Å². The van der Waals surface area contributed by atoms with Gasteiger partial charge < -0.3 is 15.3 Å². The fourth-order valence-corrected chi connectivity index (χ4v) is 2.90. The minimum atomic E-state index is -0.190. The molecule has 1 aromatic rings. The van der Waals surface area contributed by atoms with Gasteiger partial charge in [-0.1, -0.05) is 43.3 Å². The molecule has 1 aliphatic rings. The van der Waals surface area contributed by atoms with E-state index in [9.17, 15) is 4.79 Å². The van der Waals surface area contributed by atoms with Gasteiger partial charge in [-0.3, -0.25) is 14.8 Å². The molecular formula is C21H30N4O2. The molecule has 2 N–H and O–H groups in total. The zero-order chi connectivity index (χ0) is 19.5. The molecule has 0 saturated carbocycles. The van der Waals surface area contributed by atoms with Crippen LogP contribution in [0.25, 0.3) is 0 Å². The fourth-order valence-electron chi connectivity index (χ4n) is 2.90. The predicted octanol–water partition coefficient (Wildman–Crippen LogP) is 1.70. The number of benzene rings is 1. The summed E-state index contributed by atoms with van der Waals surface area (Å²) < 4.78 is 0. The Morgan fingerprint density at radius 3 is 2.93 bits per heavy atom. The maximum atomic E-state index is 12.3. The van der Waals surface area contributed by atoms with E-state index in [-0.39, 0.29) is 17.9 Å². The van der Waals surface area contributed by atoms with Crippen LogP contribution in [0.5, 0.6) is 0 Å². The molecule has 6 heteroatoms. The number of allylic oxidation sites excluding steroid dienone is 1. The van der Waals surface area contributed by atoms with Crippen LogP contribution in [0, 0.1) is 5.41 Å². The lowest BCUT2D eigenvalue weighted by Gasteiger charge is -2.25. The number of aliphatic hydroxyl groups excluding tert-OH is 1. The number of rotatable bonds is 10. The molecule has 0 fully saturated rings. The number of amides is 1. The molecule has 0 radical (unpaired) electrons. The Hall–Kier alpha value is -2.31. The van der Waals surface area contributed by atoms with Gasteiger partial charge in [-0.25, -0.2) is 0 Å². The average molecular weight is 370 g/mol. The molecule has 2 rings (SSSR count). The van der Waals surface area contributed by atoms with E-state index in [0.717, 1.165) is 18.6 Å². The lowest BCUT2D eigenvalue weighted by atomic mass is 9.84. The summed E-state index contributed by atoms with van der Waals surface area (Å²) in [6.45, 7) is 4.13. The number of hydrogen-bond acceptors (Lipinski definition) is 5. The van der Waals surface area contributed by atoms with Crippen molar-refractivity contribution in [2.24, 2.45) is 15.4 Å². The number of carbonyl (C=O) groups is 1. The summed E-state index contributed by atoms with van der Waals surface area (Å²) in [4.78, 5) is 22.7. The van der Waals surface area contributed by atoms with Gasteiger partial charge >= 0.3 is 0 Å². The third-order valence-corrected chi connectivity index (χ3v) is 4.52. The van der Waals surface area contributed by atoms with Crippen LogP contribution in [0.2, 0.25) is 0 Å². The lowest BCUT2D eigenvalue weighted by molar-refractivity contribution is -0.128. The van der Waals surface area contributed by atoms with Crippen molar-refractivity contribution in [2.45, 2.75) is 19.8 Å². The zero-order valence-corrected chi connectivity index (χ0v) is 16.3. The van der Waals surface area contributed by atoms with Crippen molar-refractivity contribution in [3.05, 3.63) is 48.2 Å². The van der Waals surface area contributed by atoms with Crippen molar-refractivity contribution in [3.8, 4) is 0 Å². The van der Waals surface area contributed by atoms with Gasteiger partial charge in [-0.2, -0.15) is 0 Å². The van der Waals surface area contributed by atoms with E-state index in [2.05, 4.69) is 34.4 Å². The van der Waals surface area contributed by atoms with Gasteiger partial charge in [0.2, 0.25) is 5.91 Å². The van der Waals surface area contributed by atoms with Gasteiger partial charge in [0.1, 0.15) is 0 Å². The number of hydrogen-bond donors (Lipinski definition) is 2. The summed E-state index contributed by atoms with van der Waals surface area (Å²) in [7, 11) is 1.84. The van der Waals surface area contributed by atoms with Gasteiger partial charge in [-0.15, -0.1) is 0 Å². The number of nitrogens with one attached hydrogen (secondary N) is 1. The number of likely N-dealkylation sites (N-methyl/N-ethyl adjacent to an activating group) is 1. The van der Waals surface area contributed by atoms with Gasteiger partial charge in [0.15, 0.2) is 0 Å². The zero-order valence-electron chi connectivity index (χ0n) is 16.3. The van der Waals surface area contributed by atoms with Crippen molar-refractivity contribution < 1.29 is 9.90 Å². The molecule has 1 unspecified atom stereocenters. The van der Waals surface area contributed by atoms with Gasteiger partial charge in [0.05, 0.1) is 19.7 Å². The van der Waals surface area contributed by atoms with Crippen molar-refractivity contribution in [1.29, 1.82) is 0 Å². The topological polar surface area (TPSA) is 77.3 Å². The molecule has 1 heterocycles. The Morgan fingerprint density at radius 2 is 2.19 bits per heavy atom. The van der Waals surface area contributed by atoms with Crippen LogP contribution in [-0.2, 0) is 11.2 Å². The second-order valence-electron chi connectivity index (χ2n) is 7.11. The largest absolute Gasteiger partial charge is 0.394 e. The number of carbonyl (C=O) groups excluding carboxylic acids is 1. The number of aliphatic imine (C=N–C) groups is 2. The van der Waals surface area contributed by atoms with E-state index in [4.69, 9.17) is 5.11 Å². The summed E-state index contributed by atoms with van der Waals surface area (Å²) >= 11 is 0. The number of nitrogens with zero attached hydrogens (tertiary/aromatic N) is 3. The Morgan fingerprint density at radius 1 is 1.41 bits per heavy atom. The quantitative estimate of drug-likeness (QED) is 0.616. The van der Waals surface area contributed by atoms with Crippen LogP contribution in [0.15, 0.2) is 52.6 Å². The average Bonchev–Trinajstić information content (AvgIpc) is 2.67. The Kier molecular flexibility index (Phi) is 8.36. The first-order valence-corrected chi connectivity index (χ1v) is 9.36. The van der Waals surface area contributed by atoms with E-state index >= 15 is 0 Å². The van der Waals surface area contributed by atoms with Crippen LogP contribution < -0.4 is 5.32 Å². The van der Waals surface area contributed by atoms with Crippen LogP contribution >= 0.6 is 0 Å². The van der Waals surface area contributed by atoms with Crippen LogP contribution in [0.1, 0.15) is 18.9 Å². The molecule has 1 aliphatic heterocycles. The summed E-state index contributed by atoms with van der Waals surface area (Å²) in [5.41, 5.74) is 2.04. The number of aliphatic hydroxyl groups is 1. The summed E-state index contributed by atoms with van der Waals surface area (Å²) in [5, 5.41) is 12.0. The smallest absolute Gasteiger partial charge is 0.236 e. The molecule has 0 bridgehead atoms. The summed E-state index contributed by atoms with van der Waals surface area (Å²) in [5.74, 6) is 0.0742. The molecule has 27 heavy (non-hydrogen) atoms. The Balaban J connectivity index is 1.71. The fraction of sp³-hybridized carbons (Fsp3) is 0.476. The minimum Gasteiger partial charge on any atom is -0.394 e. The Bertz CT molecular complexity index is 685. The highest BCUT2D eigenvalue weighted by molar-refractivity contribution is 5.92. The van der Waals surface area contributed by atoms with Crippen molar-refractivity contribution >= 4 is 17.8 Å². The summed E-state index contributed by atoms with van der Waals surface area (Å²) in [6.07, 6.45) is 7.28. The maximum Gasteiger partial charge on any atom is 0.236 e. The molecule has 1 aromatic carbocycles. The normalized spacial score (nSPS) is 19.3. The maximum absolute atomic E-state index is 12.3. The molecule has 0 aliphatic carbocycles. The van der Waals surface area contributed by atoms with E-state index in [1.165, 1.54) is 5.56 Å². The van der Waals surface area contributed by atoms with E-state index in [1.54, 1.807) is 11.1 Å². The Labute approximate surface area is 161 Å². The van der Waals surface area contributed by atoms with Crippen molar-refractivity contribution in [2.75, 3.05) is 39.8 Å². The first-order chi connectivity index (χ1) is 13.0. The second-order valence-corrected chi connectivity index (χ2v) is 7.11. The molecule has 0 aromatic heterocycles. The van der Waals surface area contributed by atoms with E-state index in [0.29, 0.717) is 26.2 Å². The predicted molar refractivity (Wildman–Crippen MR) is 110 cm³/mol. The molecular weight excluding hydrogens is 340 g/mol. The lowest BCUT2D eigenvalue weighted by Crippen LogP contribution is -2.39. The highest BCUT2D eigenvalue weighted by atomic mass is 16.3. The molecule has 0 saturated heterocycles. The van der Waals surface area contributed by atoms with E-state index in [1.807, 2.05) is 37.5 Å². The monoisotopic (exact) mass is 370 g/mol. The molecule has 1 amide bonds. The minimum absolute atomic E-state index is 0.0543. The summed E-state index contributed by atoms with van der Waals surface area (Å²) in [6, 6.07) is 10.2. The van der Waals surface area contributed by atoms with E-state index < -0.39 is 0 Å². The molecule has 0 spiro atoms. The first kappa shape index (κ1) is 21.0. The van der Waals surface area contributed by atoms with Crippen molar-refractivity contribution in [3.63, 3.8) is 0 Å². The van der Waals surface area contributed by atoms with Crippen molar-refractivity contribution in [1.82, 2.24) is 10.2 Å². The third-order valence-electron chi connectivity index (χ3n) is 4.52. The van der Waals surface area contributed by atoms with Crippen LogP contribution in [0.3, 0.4) is 0 Å². The van der Waals surface area contributed by atoms with Gasteiger partial charge in [0.25, 0.3) is 0 Å². The SMILES string of the molecule is CN(CCc1ccccc1)C(=O)CNCC1=NC=CC(C)(C=NCCO)C1. The van der Waals surface area contributed by atoms with Gasteiger partial charge in [-0.05, 0) is 12.0 Å². The highest BCUT2D eigenvalue weighted by Crippen LogP contribution is 2.24. The first-order valence-electron chi connectivity index (χ1n) is 9.36. The molecule has 6 nitrogen and oxygen atoms in total. The second kappa shape index (κ2) is 10.7. The van der Waals surface area contributed by atoms with Crippen LogP contribution in [0.4, 0.5) is 0 Å². The molecule has 1 atom stereocenters.